The third kappa shape index (κ3) is 5.33. The first-order chi connectivity index (χ1) is 11.7. The Morgan fingerprint density at radius 1 is 1.20 bits per heavy atom. The van der Waals surface area contributed by atoms with E-state index < -0.39 is 0 Å². The summed E-state index contributed by atoms with van der Waals surface area (Å²) in [5.41, 5.74) is 2.43. The van der Waals surface area contributed by atoms with Gasteiger partial charge in [0.2, 0.25) is 0 Å². The summed E-state index contributed by atoms with van der Waals surface area (Å²) in [6.07, 6.45) is 6.89. The van der Waals surface area contributed by atoms with Gasteiger partial charge < -0.3 is 14.6 Å². The molecule has 0 aromatic heterocycles. The number of benzene rings is 1. The molecule has 142 valence electrons. The SMILES string of the molecule is COc1cc(CCO[C@H]2CCCCC2N2CC[C@@H](O)C2)ccc1C.Cl. The molecule has 3 atom stereocenters. The largest absolute Gasteiger partial charge is 0.496 e. The van der Waals surface area contributed by atoms with Crippen molar-refractivity contribution in [2.45, 2.75) is 63.7 Å². The summed E-state index contributed by atoms with van der Waals surface area (Å²) in [6, 6.07) is 6.89. The van der Waals surface area contributed by atoms with Crippen molar-refractivity contribution in [2.24, 2.45) is 0 Å². The average molecular weight is 370 g/mol. The zero-order valence-electron chi connectivity index (χ0n) is 15.4. The summed E-state index contributed by atoms with van der Waals surface area (Å²) in [4.78, 5) is 2.45. The molecule has 1 heterocycles. The van der Waals surface area contributed by atoms with Crippen molar-refractivity contribution < 1.29 is 14.6 Å². The number of hydrogen-bond acceptors (Lipinski definition) is 4. The highest BCUT2D eigenvalue weighted by Gasteiger charge is 2.34. The fourth-order valence-corrected chi connectivity index (χ4v) is 4.11. The number of ether oxygens (including phenoxy) is 2. The molecular weight excluding hydrogens is 338 g/mol. The third-order valence-electron chi connectivity index (χ3n) is 5.53. The maximum Gasteiger partial charge on any atom is 0.122 e. The smallest absolute Gasteiger partial charge is 0.122 e. The van der Waals surface area contributed by atoms with Gasteiger partial charge in [0.15, 0.2) is 0 Å². The van der Waals surface area contributed by atoms with Crippen LogP contribution in [0, 0.1) is 6.92 Å². The third-order valence-corrected chi connectivity index (χ3v) is 5.53. The van der Waals surface area contributed by atoms with Gasteiger partial charge in [-0.25, -0.2) is 0 Å². The van der Waals surface area contributed by atoms with Crippen molar-refractivity contribution >= 4 is 12.4 Å². The first-order valence-corrected chi connectivity index (χ1v) is 9.34. The van der Waals surface area contributed by atoms with Crippen molar-refractivity contribution in [3.63, 3.8) is 0 Å². The van der Waals surface area contributed by atoms with Crippen LogP contribution in [-0.2, 0) is 11.2 Å². The van der Waals surface area contributed by atoms with Gasteiger partial charge in [0.1, 0.15) is 5.75 Å². The van der Waals surface area contributed by atoms with Gasteiger partial charge in [-0.05, 0) is 49.8 Å². The molecular formula is C20H32ClNO3. The number of likely N-dealkylation sites (tertiary alicyclic amines) is 1. The molecule has 1 saturated carbocycles. The van der Waals surface area contributed by atoms with E-state index in [4.69, 9.17) is 9.47 Å². The van der Waals surface area contributed by atoms with Gasteiger partial charge in [-0.1, -0.05) is 25.0 Å². The molecule has 1 aromatic rings. The monoisotopic (exact) mass is 369 g/mol. The predicted octanol–water partition coefficient (Wildman–Crippen LogP) is 3.36. The molecule has 4 nitrogen and oxygen atoms in total. The van der Waals surface area contributed by atoms with Crippen LogP contribution in [0.25, 0.3) is 0 Å². The van der Waals surface area contributed by atoms with Crippen LogP contribution in [0.15, 0.2) is 18.2 Å². The summed E-state index contributed by atoms with van der Waals surface area (Å²) in [5.74, 6) is 0.953. The molecule has 1 N–H and O–H groups in total. The number of hydrogen-bond donors (Lipinski definition) is 1. The minimum atomic E-state index is -0.146. The van der Waals surface area contributed by atoms with Crippen LogP contribution < -0.4 is 4.74 Å². The highest BCUT2D eigenvalue weighted by atomic mass is 35.5. The van der Waals surface area contributed by atoms with Gasteiger partial charge in [-0.2, -0.15) is 0 Å². The molecule has 2 fully saturated rings. The molecule has 0 spiro atoms. The molecule has 1 unspecified atom stereocenters. The Bertz CT molecular complexity index is 540. The second kappa shape index (κ2) is 9.77. The van der Waals surface area contributed by atoms with Crippen LogP contribution in [0.3, 0.4) is 0 Å². The molecule has 5 heteroatoms. The van der Waals surface area contributed by atoms with E-state index in [0.717, 1.165) is 44.7 Å². The second-order valence-corrected chi connectivity index (χ2v) is 7.25. The van der Waals surface area contributed by atoms with Crippen LogP contribution in [0.1, 0.15) is 43.2 Å². The molecule has 0 bridgehead atoms. The molecule has 1 aliphatic carbocycles. The van der Waals surface area contributed by atoms with E-state index in [2.05, 4.69) is 30.0 Å². The molecule has 3 rings (SSSR count). The van der Waals surface area contributed by atoms with E-state index >= 15 is 0 Å². The van der Waals surface area contributed by atoms with E-state index in [-0.39, 0.29) is 18.5 Å². The van der Waals surface area contributed by atoms with E-state index in [0.29, 0.717) is 12.1 Å². The normalized spacial score (nSPS) is 27.1. The van der Waals surface area contributed by atoms with Crippen LogP contribution in [0.4, 0.5) is 0 Å². The summed E-state index contributed by atoms with van der Waals surface area (Å²) < 4.78 is 11.7. The average Bonchev–Trinajstić information content (AvgIpc) is 3.03. The van der Waals surface area contributed by atoms with Crippen LogP contribution in [-0.4, -0.2) is 55.1 Å². The Morgan fingerprint density at radius 2 is 2.00 bits per heavy atom. The molecule has 25 heavy (non-hydrogen) atoms. The Balaban J connectivity index is 0.00000225. The summed E-state index contributed by atoms with van der Waals surface area (Å²) in [5, 5.41) is 9.82. The van der Waals surface area contributed by atoms with Gasteiger partial charge in [0.05, 0.1) is 25.9 Å². The van der Waals surface area contributed by atoms with Crippen LogP contribution in [0.5, 0.6) is 5.75 Å². The molecule has 0 radical (unpaired) electrons. The highest BCUT2D eigenvalue weighted by Crippen LogP contribution is 2.28. The predicted molar refractivity (Wildman–Crippen MR) is 103 cm³/mol. The van der Waals surface area contributed by atoms with Gasteiger partial charge in [0, 0.05) is 19.1 Å². The topological polar surface area (TPSA) is 41.9 Å². The lowest BCUT2D eigenvalue weighted by Crippen LogP contribution is -2.46. The van der Waals surface area contributed by atoms with Crippen LogP contribution in [0.2, 0.25) is 0 Å². The highest BCUT2D eigenvalue weighted by molar-refractivity contribution is 5.85. The summed E-state index contributed by atoms with van der Waals surface area (Å²) in [6.45, 7) is 4.65. The molecule has 1 aromatic carbocycles. The van der Waals surface area contributed by atoms with Crippen molar-refractivity contribution in [3.05, 3.63) is 29.3 Å². The minimum Gasteiger partial charge on any atom is -0.496 e. The maximum absolute atomic E-state index is 9.82. The fraction of sp³-hybridized carbons (Fsp3) is 0.700. The van der Waals surface area contributed by atoms with Crippen molar-refractivity contribution in [1.29, 1.82) is 0 Å². The second-order valence-electron chi connectivity index (χ2n) is 7.25. The zero-order valence-corrected chi connectivity index (χ0v) is 16.3. The number of aliphatic hydroxyl groups excluding tert-OH is 1. The Kier molecular flexibility index (Phi) is 8.01. The summed E-state index contributed by atoms with van der Waals surface area (Å²) >= 11 is 0. The zero-order chi connectivity index (χ0) is 16.9. The standard InChI is InChI=1S/C20H31NO3.ClH/c1-15-7-8-16(13-20(15)23-2)10-12-24-19-6-4-3-5-18(19)21-11-9-17(22)14-21;/h7-8,13,17-19,22H,3-6,9-12,14H2,1-2H3;1H/t17-,18?,19+;/m1./s1. The lowest BCUT2D eigenvalue weighted by atomic mass is 9.91. The first-order valence-electron chi connectivity index (χ1n) is 9.34. The number of aliphatic hydroxyl groups is 1. The lowest BCUT2D eigenvalue weighted by Gasteiger charge is -2.37. The van der Waals surface area contributed by atoms with Gasteiger partial charge >= 0.3 is 0 Å². The number of β-amino-alcohol motifs (C(OH)–C–C–N with tert-alkyl or cyclic N) is 1. The van der Waals surface area contributed by atoms with Crippen molar-refractivity contribution in [3.8, 4) is 5.75 Å². The number of rotatable bonds is 6. The van der Waals surface area contributed by atoms with E-state index in [1.54, 1.807) is 7.11 Å². The van der Waals surface area contributed by atoms with Gasteiger partial charge in [-0.3, -0.25) is 4.90 Å². The lowest BCUT2D eigenvalue weighted by molar-refractivity contribution is -0.0316. The number of halogens is 1. The van der Waals surface area contributed by atoms with E-state index in [1.807, 2.05) is 0 Å². The number of methoxy groups -OCH3 is 1. The van der Waals surface area contributed by atoms with E-state index in [9.17, 15) is 5.11 Å². The van der Waals surface area contributed by atoms with E-state index in [1.165, 1.54) is 30.4 Å². The minimum absolute atomic E-state index is 0. The fourth-order valence-electron chi connectivity index (χ4n) is 4.11. The van der Waals surface area contributed by atoms with Crippen molar-refractivity contribution in [1.82, 2.24) is 4.90 Å². The molecule has 0 amide bonds. The molecule has 1 saturated heterocycles. The number of nitrogens with zero attached hydrogens (tertiary/aromatic N) is 1. The Morgan fingerprint density at radius 3 is 2.72 bits per heavy atom. The Labute approximate surface area is 157 Å². The van der Waals surface area contributed by atoms with Crippen LogP contribution >= 0.6 is 12.4 Å². The Hall–Kier alpha value is -0.810. The van der Waals surface area contributed by atoms with Crippen molar-refractivity contribution in [2.75, 3.05) is 26.8 Å². The molecule has 2 aliphatic rings. The van der Waals surface area contributed by atoms with Gasteiger partial charge in [0.25, 0.3) is 0 Å². The molecule has 1 aliphatic heterocycles. The van der Waals surface area contributed by atoms with Gasteiger partial charge in [-0.15, -0.1) is 12.4 Å². The maximum atomic E-state index is 9.82. The number of aryl methyl sites for hydroxylation is 1. The quantitative estimate of drug-likeness (QED) is 0.834. The first kappa shape index (κ1) is 20.5. The summed E-state index contributed by atoms with van der Waals surface area (Å²) in [7, 11) is 1.72.